The summed E-state index contributed by atoms with van der Waals surface area (Å²) in [4.78, 5) is 16.2. The quantitative estimate of drug-likeness (QED) is 0.741. The van der Waals surface area contributed by atoms with E-state index in [-0.39, 0.29) is 5.78 Å². The molecule has 86 valence electrons. The molecule has 0 atom stereocenters. The van der Waals surface area contributed by atoms with Gasteiger partial charge in [0, 0.05) is 23.0 Å². The minimum Gasteiger partial charge on any atom is -0.289 e. The molecule has 17 heavy (non-hydrogen) atoms. The predicted octanol–water partition coefficient (Wildman–Crippen LogP) is 3.07. The number of hydrogen-bond donors (Lipinski definition) is 0. The van der Waals surface area contributed by atoms with Crippen LogP contribution in [0.1, 0.15) is 27.2 Å². The number of rotatable bonds is 2. The number of aryl methyl sites for hydroxylation is 2. The summed E-state index contributed by atoms with van der Waals surface area (Å²) in [5.74, 6) is -0.590. The van der Waals surface area contributed by atoms with Gasteiger partial charge < -0.3 is 0 Å². The molecule has 0 bridgehead atoms. The molecule has 1 heterocycles. The highest BCUT2D eigenvalue weighted by molar-refractivity contribution is 6.09. The third kappa shape index (κ3) is 2.38. The van der Waals surface area contributed by atoms with E-state index in [1.807, 2.05) is 0 Å². The first kappa shape index (κ1) is 11.5. The van der Waals surface area contributed by atoms with Gasteiger partial charge in [-0.1, -0.05) is 0 Å². The molecule has 0 amide bonds. The summed E-state index contributed by atoms with van der Waals surface area (Å²) in [6.45, 7) is 3.52. The molecule has 0 unspecified atom stereocenters. The van der Waals surface area contributed by atoms with Gasteiger partial charge in [-0.05, 0) is 49.7 Å². The smallest absolute Gasteiger partial charge is 0.194 e. The van der Waals surface area contributed by atoms with Gasteiger partial charge in [0.1, 0.15) is 5.82 Å². The van der Waals surface area contributed by atoms with Crippen LogP contribution in [0.25, 0.3) is 0 Å². The monoisotopic (exact) mass is 229 g/mol. The van der Waals surface area contributed by atoms with Crippen molar-refractivity contribution in [1.82, 2.24) is 4.98 Å². The fourth-order valence-electron chi connectivity index (χ4n) is 1.75. The molecule has 0 aliphatic heterocycles. The number of halogens is 1. The van der Waals surface area contributed by atoms with Gasteiger partial charge in [-0.15, -0.1) is 0 Å². The maximum absolute atomic E-state index is 13.2. The van der Waals surface area contributed by atoms with Crippen LogP contribution in [0.4, 0.5) is 4.39 Å². The largest absolute Gasteiger partial charge is 0.289 e. The number of nitrogens with zero attached hydrogens (tertiary/aromatic N) is 1. The Bertz CT molecular complexity index is 558. The van der Waals surface area contributed by atoms with Crippen LogP contribution in [0.5, 0.6) is 0 Å². The van der Waals surface area contributed by atoms with Crippen molar-refractivity contribution in [2.75, 3.05) is 0 Å². The number of carbonyl (C=O) groups is 1. The van der Waals surface area contributed by atoms with Crippen LogP contribution in [0.15, 0.2) is 36.5 Å². The van der Waals surface area contributed by atoms with E-state index in [4.69, 9.17) is 0 Å². The Balaban J connectivity index is 2.48. The molecule has 1 aromatic heterocycles. The van der Waals surface area contributed by atoms with Crippen molar-refractivity contribution in [2.24, 2.45) is 0 Å². The Labute approximate surface area is 99.1 Å². The average molecular weight is 229 g/mol. The van der Waals surface area contributed by atoms with Gasteiger partial charge in [0.2, 0.25) is 0 Å². The minimum atomic E-state index is -0.394. The van der Waals surface area contributed by atoms with E-state index in [1.54, 1.807) is 38.2 Å². The Morgan fingerprint density at radius 3 is 2.65 bits per heavy atom. The maximum Gasteiger partial charge on any atom is 0.194 e. The van der Waals surface area contributed by atoms with Crippen LogP contribution < -0.4 is 0 Å². The summed E-state index contributed by atoms with van der Waals surface area (Å²) >= 11 is 0. The van der Waals surface area contributed by atoms with E-state index in [0.717, 1.165) is 5.56 Å². The van der Waals surface area contributed by atoms with Gasteiger partial charge in [0.25, 0.3) is 0 Å². The van der Waals surface area contributed by atoms with Crippen LogP contribution in [-0.2, 0) is 0 Å². The third-order valence-corrected chi connectivity index (χ3v) is 2.56. The van der Waals surface area contributed by atoms with Gasteiger partial charge in [-0.3, -0.25) is 9.78 Å². The first-order valence-corrected chi connectivity index (χ1v) is 5.31. The number of ketones is 1. The summed E-state index contributed by atoms with van der Waals surface area (Å²) in [7, 11) is 0. The molecule has 0 aliphatic rings. The third-order valence-electron chi connectivity index (χ3n) is 2.56. The van der Waals surface area contributed by atoms with Crippen LogP contribution in [0, 0.1) is 19.7 Å². The normalized spacial score (nSPS) is 10.3. The van der Waals surface area contributed by atoms with Gasteiger partial charge in [-0.25, -0.2) is 4.39 Å². The van der Waals surface area contributed by atoms with Gasteiger partial charge >= 0.3 is 0 Å². The molecule has 0 saturated carbocycles. The molecule has 0 saturated heterocycles. The fourth-order valence-corrected chi connectivity index (χ4v) is 1.75. The summed E-state index contributed by atoms with van der Waals surface area (Å²) in [5.41, 5.74) is 2.26. The first-order chi connectivity index (χ1) is 8.08. The highest BCUT2D eigenvalue weighted by Gasteiger charge is 2.13. The molecule has 1 aromatic carbocycles. The lowest BCUT2D eigenvalue weighted by atomic mass is 10.0. The molecular formula is C14H12FNO. The summed E-state index contributed by atoms with van der Waals surface area (Å²) in [5, 5.41) is 0. The first-order valence-electron chi connectivity index (χ1n) is 5.31. The fraction of sp³-hybridized carbons (Fsp3) is 0.143. The second-order valence-corrected chi connectivity index (χ2v) is 3.98. The van der Waals surface area contributed by atoms with Crippen LogP contribution in [0.2, 0.25) is 0 Å². The highest BCUT2D eigenvalue weighted by atomic mass is 19.1. The molecule has 2 rings (SSSR count). The van der Waals surface area contributed by atoms with Crippen LogP contribution in [-0.4, -0.2) is 10.8 Å². The molecule has 3 heteroatoms. The highest BCUT2D eigenvalue weighted by Crippen LogP contribution is 2.15. The SMILES string of the molecule is Cc1cc(F)cc(C(=O)c2cccnc2C)c1. The van der Waals surface area contributed by atoms with Crippen molar-refractivity contribution in [3.63, 3.8) is 0 Å². The zero-order chi connectivity index (χ0) is 12.4. The molecular weight excluding hydrogens is 217 g/mol. The number of aromatic nitrogens is 1. The molecule has 2 aromatic rings. The lowest BCUT2D eigenvalue weighted by Gasteiger charge is -2.05. The van der Waals surface area contributed by atoms with E-state index in [2.05, 4.69) is 4.98 Å². The second-order valence-electron chi connectivity index (χ2n) is 3.98. The number of hydrogen-bond acceptors (Lipinski definition) is 2. The van der Waals surface area contributed by atoms with E-state index in [0.29, 0.717) is 16.8 Å². The standard InChI is InChI=1S/C14H12FNO/c1-9-6-11(8-12(15)7-9)14(17)13-4-3-5-16-10(13)2/h3-8H,1-2H3. The van der Waals surface area contributed by atoms with Gasteiger partial charge in [0.15, 0.2) is 5.78 Å². The zero-order valence-electron chi connectivity index (χ0n) is 9.70. The Morgan fingerprint density at radius 1 is 1.24 bits per heavy atom. The lowest BCUT2D eigenvalue weighted by Crippen LogP contribution is -2.05. The summed E-state index contributed by atoms with van der Waals surface area (Å²) < 4.78 is 13.2. The Hall–Kier alpha value is -2.03. The second kappa shape index (κ2) is 4.45. The van der Waals surface area contributed by atoms with Crippen LogP contribution >= 0.6 is 0 Å². The van der Waals surface area contributed by atoms with Crippen molar-refractivity contribution in [2.45, 2.75) is 13.8 Å². The van der Waals surface area contributed by atoms with E-state index < -0.39 is 5.82 Å². The summed E-state index contributed by atoms with van der Waals surface area (Å²) in [6, 6.07) is 7.73. The Morgan fingerprint density at radius 2 is 2.00 bits per heavy atom. The molecule has 2 nitrogen and oxygen atoms in total. The van der Waals surface area contributed by atoms with Crippen molar-refractivity contribution in [3.05, 3.63) is 64.7 Å². The van der Waals surface area contributed by atoms with Crippen LogP contribution in [0.3, 0.4) is 0 Å². The lowest BCUT2D eigenvalue weighted by molar-refractivity contribution is 0.103. The average Bonchev–Trinajstić information content (AvgIpc) is 2.27. The van der Waals surface area contributed by atoms with E-state index >= 15 is 0 Å². The number of carbonyl (C=O) groups excluding carboxylic acids is 1. The minimum absolute atomic E-state index is 0.196. The van der Waals surface area contributed by atoms with Gasteiger partial charge in [-0.2, -0.15) is 0 Å². The Kier molecular flexibility index (Phi) is 3.00. The van der Waals surface area contributed by atoms with E-state index in [9.17, 15) is 9.18 Å². The predicted molar refractivity (Wildman–Crippen MR) is 63.5 cm³/mol. The maximum atomic E-state index is 13.2. The molecule has 0 spiro atoms. The van der Waals surface area contributed by atoms with Crippen molar-refractivity contribution in [1.29, 1.82) is 0 Å². The van der Waals surface area contributed by atoms with Gasteiger partial charge in [0.05, 0.1) is 0 Å². The summed E-state index contributed by atoms with van der Waals surface area (Å²) in [6.07, 6.45) is 1.63. The van der Waals surface area contributed by atoms with E-state index in [1.165, 1.54) is 12.1 Å². The van der Waals surface area contributed by atoms with Crippen molar-refractivity contribution in [3.8, 4) is 0 Å². The molecule has 0 aliphatic carbocycles. The number of pyridine rings is 1. The van der Waals surface area contributed by atoms with Crippen molar-refractivity contribution < 1.29 is 9.18 Å². The molecule has 0 N–H and O–H groups in total. The topological polar surface area (TPSA) is 30.0 Å². The zero-order valence-corrected chi connectivity index (χ0v) is 9.70. The molecule has 0 fully saturated rings. The molecule has 0 radical (unpaired) electrons. The number of benzene rings is 1. The van der Waals surface area contributed by atoms with Crippen molar-refractivity contribution >= 4 is 5.78 Å².